The summed E-state index contributed by atoms with van der Waals surface area (Å²) in [5, 5.41) is 3.19. The van der Waals surface area contributed by atoms with Gasteiger partial charge in [0.15, 0.2) is 6.23 Å². The van der Waals surface area contributed by atoms with E-state index in [-0.39, 0.29) is 12.3 Å². The van der Waals surface area contributed by atoms with Crippen molar-refractivity contribution in [1.29, 1.82) is 0 Å². The van der Waals surface area contributed by atoms with Gasteiger partial charge in [-0.25, -0.2) is 0 Å². The Balaban J connectivity index is 2.58. The first-order valence-electron chi connectivity index (χ1n) is 5.33. The van der Waals surface area contributed by atoms with Gasteiger partial charge in [0.25, 0.3) is 0 Å². The summed E-state index contributed by atoms with van der Waals surface area (Å²) in [6, 6.07) is 9.82. The van der Waals surface area contributed by atoms with Gasteiger partial charge < -0.3 is 14.8 Å². The van der Waals surface area contributed by atoms with E-state index in [1.54, 1.807) is 7.11 Å². The van der Waals surface area contributed by atoms with Gasteiger partial charge in [0.2, 0.25) is 0 Å². The van der Waals surface area contributed by atoms with Crippen molar-refractivity contribution in [1.82, 2.24) is 0 Å². The predicted octanol–water partition coefficient (Wildman–Crippen LogP) is 3.01. The fourth-order valence-corrected chi connectivity index (χ4v) is 1.32. The van der Waals surface area contributed by atoms with Gasteiger partial charge in [-0.15, -0.1) is 0 Å². The molecule has 1 atom stereocenters. The third kappa shape index (κ3) is 3.95. The second-order valence-electron chi connectivity index (χ2n) is 3.76. The molecule has 88 valence electrons. The van der Waals surface area contributed by atoms with Gasteiger partial charge in [-0.1, -0.05) is 24.8 Å². The van der Waals surface area contributed by atoms with Crippen molar-refractivity contribution in [2.45, 2.75) is 26.2 Å². The molecular formula is C13H19NO2. The summed E-state index contributed by atoms with van der Waals surface area (Å²) < 4.78 is 10.8. The molecule has 0 aromatic heterocycles. The predicted molar refractivity (Wildman–Crippen MR) is 66.2 cm³/mol. The van der Waals surface area contributed by atoms with Crippen molar-refractivity contribution < 1.29 is 9.47 Å². The molecule has 1 rings (SSSR count). The fraction of sp³-hybridized carbons (Fsp3) is 0.385. The molecule has 0 aliphatic carbocycles. The summed E-state index contributed by atoms with van der Waals surface area (Å²) >= 11 is 0. The molecule has 0 fully saturated rings. The summed E-state index contributed by atoms with van der Waals surface area (Å²) in [6.07, 6.45) is -0.229. The lowest BCUT2D eigenvalue weighted by Crippen LogP contribution is -2.26. The minimum atomic E-state index is -0.329. The summed E-state index contributed by atoms with van der Waals surface area (Å²) in [7, 11) is 1.62. The highest BCUT2D eigenvalue weighted by Gasteiger charge is 2.13. The number of para-hydroxylation sites is 1. The summed E-state index contributed by atoms with van der Waals surface area (Å²) in [5.41, 5.74) is 0.975. The van der Waals surface area contributed by atoms with E-state index in [2.05, 4.69) is 11.9 Å². The number of benzene rings is 1. The van der Waals surface area contributed by atoms with E-state index in [1.807, 2.05) is 44.2 Å². The maximum Gasteiger partial charge on any atom is 0.185 e. The van der Waals surface area contributed by atoms with E-state index in [9.17, 15) is 0 Å². The first-order chi connectivity index (χ1) is 7.63. The highest BCUT2D eigenvalue weighted by molar-refractivity contribution is 5.44. The molecular weight excluding hydrogens is 202 g/mol. The van der Waals surface area contributed by atoms with E-state index in [4.69, 9.17) is 9.47 Å². The van der Waals surface area contributed by atoms with Gasteiger partial charge >= 0.3 is 0 Å². The second kappa shape index (κ2) is 6.18. The minimum absolute atomic E-state index is 0.0997. The van der Waals surface area contributed by atoms with Crippen LogP contribution >= 0.6 is 0 Å². The molecule has 0 saturated carbocycles. The highest BCUT2D eigenvalue weighted by atomic mass is 16.5. The van der Waals surface area contributed by atoms with Crippen molar-refractivity contribution in [3.05, 3.63) is 42.7 Å². The van der Waals surface area contributed by atoms with Gasteiger partial charge in [-0.05, 0) is 26.0 Å². The van der Waals surface area contributed by atoms with Crippen LogP contribution < -0.4 is 5.32 Å². The molecule has 0 aliphatic heterocycles. The zero-order chi connectivity index (χ0) is 12.0. The monoisotopic (exact) mass is 221 g/mol. The first kappa shape index (κ1) is 12.6. The van der Waals surface area contributed by atoms with Crippen LogP contribution in [-0.4, -0.2) is 19.4 Å². The van der Waals surface area contributed by atoms with Crippen molar-refractivity contribution >= 4 is 5.69 Å². The van der Waals surface area contributed by atoms with Crippen LogP contribution in [0, 0.1) is 0 Å². The van der Waals surface area contributed by atoms with Crippen molar-refractivity contribution in [3.8, 4) is 0 Å². The van der Waals surface area contributed by atoms with Gasteiger partial charge in [0.05, 0.1) is 6.10 Å². The van der Waals surface area contributed by atoms with Gasteiger partial charge in [0, 0.05) is 12.8 Å². The number of hydrogen-bond acceptors (Lipinski definition) is 3. The molecule has 1 aromatic rings. The Bertz CT molecular complexity index is 322. The molecule has 16 heavy (non-hydrogen) atoms. The maximum absolute atomic E-state index is 5.49. The minimum Gasteiger partial charge on any atom is -0.491 e. The van der Waals surface area contributed by atoms with Crippen molar-refractivity contribution in [3.63, 3.8) is 0 Å². The average molecular weight is 221 g/mol. The molecule has 1 N–H and O–H groups in total. The molecule has 0 bridgehead atoms. The molecule has 0 heterocycles. The SMILES string of the molecule is C=C(OC(C)C)C(Nc1ccccc1)OC. The van der Waals surface area contributed by atoms with Crippen LogP contribution in [0.4, 0.5) is 5.69 Å². The molecule has 0 radical (unpaired) electrons. The molecule has 0 saturated heterocycles. The van der Waals surface area contributed by atoms with Crippen molar-refractivity contribution in [2.75, 3.05) is 12.4 Å². The molecule has 3 heteroatoms. The summed E-state index contributed by atoms with van der Waals surface area (Å²) in [4.78, 5) is 0. The van der Waals surface area contributed by atoms with Crippen LogP contribution in [0.1, 0.15) is 13.8 Å². The quantitative estimate of drug-likeness (QED) is 0.591. The number of methoxy groups -OCH3 is 1. The van der Waals surface area contributed by atoms with Crippen LogP contribution in [-0.2, 0) is 9.47 Å². The summed E-state index contributed by atoms with van der Waals surface area (Å²) in [5.74, 6) is 0.585. The molecule has 0 amide bonds. The Morgan fingerprint density at radius 2 is 1.88 bits per heavy atom. The smallest absolute Gasteiger partial charge is 0.185 e. The average Bonchev–Trinajstić information content (AvgIpc) is 2.26. The molecule has 1 unspecified atom stereocenters. The lowest BCUT2D eigenvalue weighted by Gasteiger charge is -2.22. The molecule has 0 aliphatic rings. The van der Waals surface area contributed by atoms with Crippen LogP contribution in [0.3, 0.4) is 0 Å². The first-order valence-corrected chi connectivity index (χ1v) is 5.33. The third-order valence-electron chi connectivity index (χ3n) is 1.99. The van der Waals surface area contributed by atoms with Crippen LogP contribution in [0.2, 0.25) is 0 Å². The van der Waals surface area contributed by atoms with Crippen molar-refractivity contribution in [2.24, 2.45) is 0 Å². The lowest BCUT2D eigenvalue weighted by atomic mass is 10.3. The zero-order valence-corrected chi connectivity index (χ0v) is 10.1. The normalized spacial score (nSPS) is 12.2. The molecule has 3 nitrogen and oxygen atoms in total. The van der Waals surface area contributed by atoms with E-state index in [1.165, 1.54) is 0 Å². The zero-order valence-electron chi connectivity index (χ0n) is 10.1. The number of rotatable bonds is 6. The number of hydrogen-bond donors (Lipinski definition) is 1. The standard InChI is InChI=1S/C13H19NO2/c1-10(2)16-11(3)13(15-4)14-12-8-6-5-7-9-12/h5-10,13-14H,3H2,1-2,4H3. The number of nitrogens with one attached hydrogen (secondary N) is 1. The van der Waals surface area contributed by atoms with Crippen LogP contribution in [0.5, 0.6) is 0 Å². The van der Waals surface area contributed by atoms with E-state index >= 15 is 0 Å². The number of anilines is 1. The van der Waals surface area contributed by atoms with E-state index < -0.39 is 0 Å². The highest BCUT2D eigenvalue weighted by Crippen LogP contribution is 2.13. The molecule has 0 spiro atoms. The summed E-state index contributed by atoms with van der Waals surface area (Å²) in [6.45, 7) is 7.77. The largest absolute Gasteiger partial charge is 0.491 e. The van der Waals surface area contributed by atoms with Gasteiger partial charge in [-0.2, -0.15) is 0 Å². The lowest BCUT2D eigenvalue weighted by molar-refractivity contribution is 0.0562. The number of ether oxygens (including phenoxy) is 2. The van der Waals surface area contributed by atoms with E-state index in [0.29, 0.717) is 5.76 Å². The third-order valence-corrected chi connectivity index (χ3v) is 1.99. The Kier molecular flexibility index (Phi) is 4.86. The second-order valence-corrected chi connectivity index (χ2v) is 3.76. The Labute approximate surface area is 97.1 Å². The Morgan fingerprint density at radius 1 is 1.25 bits per heavy atom. The molecule has 1 aromatic carbocycles. The van der Waals surface area contributed by atoms with E-state index in [0.717, 1.165) is 5.69 Å². The maximum atomic E-state index is 5.49. The van der Waals surface area contributed by atoms with Gasteiger partial charge in [-0.3, -0.25) is 0 Å². The van der Waals surface area contributed by atoms with Crippen LogP contribution in [0.15, 0.2) is 42.7 Å². The van der Waals surface area contributed by atoms with Crippen LogP contribution in [0.25, 0.3) is 0 Å². The Hall–Kier alpha value is -1.48. The fourth-order valence-electron chi connectivity index (χ4n) is 1.32. The Morgan fingerprint density at radius 3 is 2.38 bits per heavy atom. The van der Waals surface area contributed by atoms with Gasteiger partial charge in [0.1, 0.15) is 5.76 Å². The topological polar surface area (TPSA) is 30.5 Å².